The molecule has 4 heteroatoms. The number of carbonyl (C=O) groups excluding carboxylic acids is 2. The van der Waals surface area contributed by atoms with Crippen LogP contribution in [0.15, 0.2) is 60.7 Å². The summed E-state index contributed by atoms with van der Waals surface area (Å²) in [6.07, 6.45) is 5.53. The van der Waals surface area contributed by atoms with Gasteiger partial charge in [-0.2, -0.15) is 11.8 Å². The SMILES string of the molecule is C=C1C(SC)CC(=O)C1CCCCC(=O)N1Cc2ccccc2C#Cc2ccccc21. The Labute approximate surface area is 188 Å². The van der Waals surface area contributed by atoms with Crippen LogP contribution in [-0.2, 0) is 16.1 Å². The standard InChI is InChI=1S/C27H27NO2S/c1-19-23(25(29)17-26(19)31-2)12-6-8-14-27(30)28-18-22-11-4-3-9-20(22)15-16-21-10-5-7-13-24(21)28/h3-5,7,9-11,13,23,26H,1,6,8,12,14,17-18H2,2H3. The fraction of sp³-hybridized carbons (Fsp3) is 0.333. The molecule has 1 amide bonds. The Morgan fingerprint density at radius 3 is 2.58 bits per heavy atom. The van der Waals surface area contributed by atoms with Crippen LogP contribution in [0, 0.1) is 17.8 Å². The van der Waals surface area contributed by atoms with Crippen LogP contribution in [-0.4, -0.2) is 23.2 Å². The second-order valence-electron chi connectivity index (χ2n) is 8.17. The van der Waals surface area contributed by atoms with Crippen molar-refractivity contribution in [2.75, 3.05) is 11.2 Å². The van der Waals surface area contributed by atoms with Crippen molar-refractivity contribution < 1.29 is 9.59 Å². The molecule has 1 aliphatic heterocycles. The molecule has 2 unspecified atom stereocenters. The van der Waals surface area contributed by atoms with Crippen LogP contribution in [0.25, 0.3) is 0 Å². The van der Waals surface area contributed by atoms with Gasteiger partial charge < -0.3 is 4.90 Å². The van der Waals surface area contributed by atoms with Crippen molar-refractivity contribution in [3.8, 4) is 11.8 Å². The molecule has 0 N–H and O–H groups in total. The number of benzene rings is 2. The number of rotatable bonds is 6. The summed E-state index contributed by atoms with van der Waals surface area (Å²) >= 11 is 1.71. The van der Waals surface area contributed by atoms with Crippen LogP contribution in [0.3, 0.4) is 0 Å². The molecule has 2 atom stereocenters. The van der Waals surface area contributed by atoms with E-state index >= 15 is 0 Å². The van der Waals surface area contributed by atoms with Gasteiger partial charge in [0.15, 0.2) is 0 Å². The third-order valence-electron chi connectivity index (χ3n) is 6.23. The zero-order valence-electron chi connectivity index (χ0n) is 17.9. The van der Waals surface area contributed by atoms with Gasteiger partial charge in [0.25, 0.3) is 0 Å². The molecule has 1 saturated carbocycles. The molecular formula is C27H27NO2S. The molecule has 0 saturated heterocycles. The molecule has 0 bridgehead atoms. The molecule has 3 nitrogen and oxygen atoms in total. The van der Waals surface area contributed by atoms with Crippen LogP contribution < -0.4 is 4.90 Å². The lowest BCUT2D eigenvalue weighted by atomic mass is 9.95. The van der Waals surface area contributed by atoms with E-state index in [1.54, 1.807) is 11.8 Å². The highest BCUT2D eigenvalue weighted by Gasteiger charge is 2.35. The van der Waals surface area contributed by atoms with E-state index in [4.69, 9.17) is 0 Å². The van der Waals surface area contributed by atoms with Gasteiger partial charge in [-0.15, -0.1) is 0 Å². The smallest absolute Gasteiger partial charge is 0.227 e. The van der Waals surface area contributed by atoms with Gasteiger partial charge in [0.1, 0.15) is 5.78 Å². The van der Waals surface area contributed by atoms with Gasteiger partial charge in [-0.1, -0.05) is 60.7 Å². The highest BCUT2D eigenvalue weighted by molar-refractivity contribution is 7.99. The molecule has 4 rings (SSSR count). The third kappa shape index (κ3) is 4.62. The predicted molar refractivity (Wildman–Crippen MR) is 128 cm³/mol. The molecule has 2 aliphatic rings. The van der Waals surface area contributed by atoms with Crippen molar-refractivity contribution >= 4 is 29.1 Å². The Morgan fingerprint density at radius 1 is 1.10 bits per heavy atom. The van der Waals surface area contributed by atoms with Gasteiger partial charge >= 0.3 is 0 Å². The highest BCUT2D eigenvalue weighted by atomic mass is 32.2. The Hall–Kier alpha value is -2.77. The van der Waals surface area contributed by atoms with E-state index < -0.39 is 0 Å². The molecule has 1 fully saturated rings. The van der Waals surface area contributed by atoms with Crippen molar-refractivity contribution in [2.24, 2.45) is 5.92 Å². The second-order valence-corrected chi connectivity index (χ2v) is 9.21. The number of Topliss-reactive ketones (excluding diaryl/α,β-unsaturated/α-hetero) is 1. The summed E-state index contributed by atoms with van der Waals surface area (Å²) in [6.45, 7) is 4.68. The number of carbonyl (C=O) groups is 2. The number of hydrogen-bond donors (Lipinski definition) is 0. The molecule has 158 valence electrons. The average Bonchev–Trinajstić information content (AvgIpc) is 3.05. The summed E-state index contributed by atoms with van der Waals surface area (Å²) in [5.74, 6) is 6.87. The number of thioether (sulfide) groups is 1. The molecule has 31 heavy (non-hydrogen) atoms. The molecule has 0 radical (unpaired) electrons. The molecule has 2 aromatic rings. The van der Waals surface area contributed by atoms with Crippen LogP contribution in [0.5, 0.6) is 0 Å². The van der Waals surface area contributed by atoms with Gasteiger partial charge in [-0.25, -0.2) is 0 Å². The first-order valence-corrected chi connectivity index (χ1v) is 12.1. The number of anilines is 1. The minimum atomic E-state index is -0.0304. The van der Waals surface area contributed by atoms with Gasteiger partial charge in [0, 0.05) is 35.1 Å². The minimum absolute atomic E-state index is 0.0304. The number of amides is 1. The quantitative estimate of drug-likeness (QED) is 0.352. The molecular weight excluding hydrogens is 402 g/mol. The van der Waals surface area contributed by atoms with E-state index in [-0.39, 0.29) is 17.1 Å². The zero-order chi connectivity index (χ0) is 21.8. The topological polar surface area (TPSA) is 37.4 Å². The number of unbranched alkanes of at least 4 members (excludes halogenated alkanes) is 1. The van der Waals surface area contributed by atoms with Gasteiger partial charge in [-0.05, 0) is 42.9 Å². The van der Waals surface area contributed by atoms with E-state index in [9.17, 15) is 9.59 Å². The van der Waals surface area contributed by atoms with Crippen LogP contribution in [0.4, 0.5) is 5.69 Å². The van der Waals surface area contributed by atoms with Crippen molar-refractivity contribution in [2.45, 2.75) is 43.9 Å². The predicted octanol–water partition coefficient (Wildman–Crippen LogP) is 5.37. The summed E-state index contributed by atoms with van der Waals surface area (Å²) < 4.78 is 0. The normalized spacial score (nSPS) is 19.7. The molecule has 2 aromatic carbocycles. The Bertz CT molecular complexity index is 1080. The van der Waals surface area contributed by atoms with Crippen molar-refractivity contribution in [1.82, 2.24) is 0 Å². The van der Waals surface area contributed by atoms with Crippen LogP contribution in [0.2, 0.25) is 0 Å². The Morgan fingerprint density at radius 2 is 1.81 bits per heavy atom. The Kier molecular flexibility index (Phi) is 6.63. The Balaban J connectivity index is 1.43. The van der Waals surface area contributed by atoms with Gasteiger partial charge in [0.2, 0.25) is 5.91 Å². The largest absolute Gasteiger partial charge is 0.307 e. The molecule has 1 heterocycles. The molecule has 0 spiro atoms. The van der Waals surface area contributed by atoms with Crippen molar-refractivity contribution in [3.05, 3.63) is 77.4 Å². The van der Waals surface area contributed by atoms with E-state index in [1.165, 1.54) is 0 Å². The number of para-hydroxylation sites is 1. The van der Waals surface area contributed by atoms with Gasteiger partial charge in [-0.3, -0.25) is 9.59 Å². The van der Waals surface area contributed by atoms with E-state index in [1.807, 2.05) is 59.7 Å². The number of ketones is 1. The lowest BCUT2D eigenvalue weighted by molar-refractivity contribution is -0.120. The van der Waals surface area contributed by atoms with Gasteiger partial charge in [0.05, 0.1) is 12.2 Å². The third-order valence-corrected chi connectivity index (χ3v) is 7.27. The number of hydrogen-bond acceptors (Lipinski definition) is 3. The van der Waals surface area contributed by atoms with Crippen molar-refractivity contribution in [1.29, 1.82) is 0 Å². The summed E-state index contributed by atoms with van der Waals surface area (Å²) in [4.78, 5) is 27.4. The maximum absolute atomic E-state index is 13.2. The summed E-state index contributed by atoms with van der Waals surface area (Å²) in [7, 11) is 0. The fourth-order valence-corrected chi connectivity index (χ4v) is 5.23. The maximum atomic E-state index is 13.2. The average molecular weight is 430 g/mol. The first-order chi connectivity index (χ1) is 15.1. The molecule has 0 aromatic heterocycles. The first-order valence-electron chi connectivity index (χ1n) is 10.8. The van der Waals surface area contributed by atoms with Crippen LogP contribution >= 0.6 is 11.8 Å². The minimum Gasteiger partial charge on any atom is -0.307 e. The summed E-state index contributed by atoms with van der Waals surface area (Å²) in [6, 6.07) is 15.9. The van der Waals surface area contributed by atoms with E-state index in [2.05, 4.69) is 18.4 Å². The summed E-state index contributed by atoms with van der Waals surface area (Å²) in [5.41, 5.74) is 4.85. The highest BCUT2D eigenvalue weighted by Crippen LogP contribution is 2.37. The van der Waals surface area contributed by atoms with Crippen molar-refractivity contribution in [3.63, 3.8) is 0 Å². The maximum Gasteiger partial charge on any atom is 0.227 e. The lowest BCUT2D eigenvalue weighted by Crippen LogP contribution is -2.31. The summed E-state index contributed by atoms with van der Waals surface area (Å²) in [5, 5.41) is 0.262. The monoisotopic (exact) mass is 429 g/mol. The first kappa shape index (κ1) is 21.5. The number of fused-ring (bicyclic) bond motifs is 2. The zero-order valence-corrected chi connectivity index (χ0v) is 18.7. The lowest BCUT2D eigenvalue weighted by Gasteiger charge is -2.26. The van der Waals surface area contributed by atoms with Crippen LogP contribution in [0.1, 0.15) is 48.8 Å². The van der Waals surface area contributed by atoms with E-state index in [0.717, 1.165) is 47.2 Å². The second kappa shape index (κ2) is 9.58. The number of nitrogens with zero attached hydrogens (tertiary/aromatic N) is 1. The fourth-order valence-electron chi connectivity index (χ4n) is 4.44. The molecule has 1 aliphatic carbocycles. The van der Waals surface area contributed by atoms with E-state index in [0.29, 0.717) is 25.2 Å².